The Labute approximate surface area is 134 Å². The van der Waals surface area contributed by atoms with E-state index in [1.807, 2.05) is 24.7 Å². The number of carbonyl (C=O) groups is 1. The zero-order valence-electron chi connectivity index (χ0n) is 12.5. The molecule has 0 spiro atoms. The Balaban J connectivity index is 2.07. The van der Waals surface area contributed by atoms with Crippen LogP contribution >= 0.6 is 11.8 Å². The second-order valence-corrected chi connectivity index (χ2v) is 7.95. The van der Waals surface area contributed by atoms with Gasteiger partial charge in [0.25, 0.3) is 0 Å². The van der Waals surface area contributed by atoms with E-state index < -0.39 is 10.0 Å². The van der Waals surface area contributed by atoms with Crippen molar-refractivity contribution in [2.75, 3.05) is 11.0 Å². The third kappa shape index (κ3) is 4.35. The predicted molar refractivity (Wildman–Crippen MR) is 87.8 cm³/mol. The lowest BCUT2D eigenvalue weighted by atomic mass is 10.1. The van der Waals surface area contributed by atoms with Gasteiger partial charge in [-0.15, -0.1) is 0 Å². The summed E-state index contributed by atoms with van der Waals surface area (Å²) in [6.45, 7) is 1.82. The number of imidazole rings is 1. The third-order valence-corrected chi connectivity index (χ3v) is 4.68. The van der Waals surface area contributed by atoms with E-state index >= 15 is 0 Å². The molecule has 1 aromatic heterocycles. The van der Waals surface area contributed by atoms with Gasteiger partial charge in [-0.25, -0.2) is 13.4 Å². The Morgan fingerprint density at radius 2 is 1.95 bits per heavy atom. The summed E-state index contributed by atoms with van der Waals surface area (Å²) in [7, 11) is -1.44. The maximum atomic E-state index is 12.4. The van der Waals surface area contributed by atoms with Crippen molar-refractivity contribution in [3.63, 3.8) is 0 Å². The quantitative estimate of drug-likeness (QED) is 0.644. The van der Waals surface area contributed by atoms with E-state index in [-0.39, 0.29) is 11.0 Å². The standard InChI is InChI=1S/C14H17N3O3S2/c1-10(21-14-15-8-9-17(14)2)13(18)11-4-6-12(7-5-11)16-22(3,19)20/h4-10,16H,1-3H3. The van der Waals surface area contributed by atoms with Crippen LogP contribution in [0.1, 0.15) is 17.3 Å². The van der Waals surface area contributed by atoms with Gasteiger partial charge in [-0.3, -0.25) is 9.52 Å². The van der Waals surface area contributed by atoms with Crippen LogP contribution in [0.3, 0.4) is 0 Å². The van der Waals surface area contributed by atoms with Gasteiger partial charge < -0.3 is 4.57 Å². The summed E-state index contributed by atoms with van der Waals surface area (Å²) in [6, 6.07) is 6.38. The fourth-order valence-electron chi connectivity index (χ4n) is 1.83. The second kappa shape index (κ2) is 6.53. The lowest BCUT2D eigenvalue weighted by Gasteiger charge is -2.10. The predicted octanol–water partition coefficient (Wildman–Crippen LogP) is 2.16. The molecule has 118 valence electrons. The Hall–Kier alpha value is -1.80. The fourth-order valence-corrected chi connectivity index (χ4v) is 3.30. The van der Waals surface area contributed by atoms with Gasteiger partial charge in [-0.05, 0) is 31.2 Å². The number of thioether (sulfide) groups is 1. The monoisotopic (exact) mass is 339 g/mol. The van der Waals surface area contributed by atoms with Crippen LogP contribution in [0.4, 0.5) is 5.69 Å². The maximum absolute atomic E-state index is 12.4. The van der Waals surface area contributed by atoms with E-state index in [1.54, 1.807) is 30.5 Å². The molecule has 1 atom stereocenters. The summed E-state index contributed by atoms with van der Waals surface area (Å²) >= 11 is 1.38. The van der Waals surface area contributed by atoms with Crippen LogP contribution in [0.15, 0.2) is 41.8 Å². The van der Waals surface area contributed by atoms with Crippen LogP contribution in [0, 0.1) is 0 Å². The second-order valence-electron chi connectivity index (χ2n) is 4.90. The van der Waals surface area contributed by atoms with E-state index in [4.69, 9.17) is 0 Å². The maximum Gasteiger partial charge on any atom is 0.229 e. The summed E-state index contributed by atoms with van der Waals surface area (Å²) in [5.74, 6) is -0.0288. The highest BCUT2D eigenvalue weighted by Gasteiger charge is 2.18. The van der Waals surface area contributed by atoms with Crippen molar-refractivity contribution >= 4 is 33.3 Å². The van der Waals surface area contributed by atoms with Crippen LogP contribution < -0.4 is 4.72 Å². The molecule has 2 aromatic rings. The van der Waals surface area contributed by atoms with Gasteiger partial charge in [-0.1, -0.05) is 11.8 Å². The summed E-state index contributed by atoms with van der Waals surface area (Å²) in [4.78, 5) is 16.6. The van der Waals surface area contributed by atoms with Crippen LogP contribution in [0.2, 0.25) is 0 Å². The third-order valence-electron chi connectivity index (χ3n) is 2.90. The van der Waals surface area contributed by atoms with E-state index in [9.17, 15) is 13.2 Å². The smallest absolute Gasteiger partial charge is 0.229 e. The highest BCUT2D eigenvalue weighted by molar-refractivity contribution is 8.00. The number of aromatic nitrogens is 2. The summed E-state index contributed by atoms with van der Waals surface area (Å²) in [5, 5.41) is 0.492. The van der Waals surface area contributed by atoms with Gasteiger partial charge in [0, 0.05) is 30.7 Å². The van der Waals surface area contributed by atoms with Gasteiger partial charge in [0.2, 0.25) is 10.0 Å². The molecule has 0 aliphatic heterocycles. The molecule has 0 amide bonds. The van der Waals surface area contributed by atoms with Crippen LogP contribution in [-0.2, 0) is 17.1 Å². The number of nitrogens with one attached hydrogen (secondary N) is 1. The molecule has 0 bridgehead atoms. The van der Waals surface area contributed by atoms with Crippen molar-refractivity contribution in [1.82, 2.24) is 9.55 Å². The topological polar surface area (TPSA) is 81.1 Å². The highest BCUT2D eigenvalue weighted by atomic mass is 32.2. The Bertz CT molecular complexity index is 767. The SMILES string of the molecule is CC(Sc1nccn1C)C(=O)c1ccc(NS(C)(=O)=O)cc1. The van der Waals surface area contributed by atoms with Crippen molar-refractivity contribution in [2.24, 2.45) is 7.05 Å². The Kier molecular flexibility index (Phi) is 4.92. The number of hydrogen-bond donors (Lipinski definition) is 1. The van der Waals surface area contributed by atoms with E-state index in [2.05, 4.69) is 9.71 Å². The minimum absolute atomic E-state index is 0.0288. The molecule has 0 radical (unpaired) electrons. The van der Waals surface area contributed by atoms with Crippen LogP contribution in [0.5, 0.6) is 0 Å². The van der Waals surface area contributed by atoms with Gasteiger partial charge in [-0.2, -0.15) is 0 Å². The average Bonchev–Trinajstić information content (AvgIpc) is 2.82. The normalized spacial score (nSPS) is 12.9. The number of ketones is 1. The first-order valence-corrected chi connectivity index (χ1v) is 9.29. The molecule has 1 unspecified atom stereocenters. The van der Waals surface area contributed by atoms with Crippen LogP contribution in [0.25, 0.3) is 0 Å². The molecule has 1 aromatic carbocycles. The minimum Gasteiger partial charge on any atom is -0.329 e. The summed E-state index contributed by atoms with van der Waals surface area (Å²) in [5.41, 5.74) is 0.969. The van der Waals surface area contributed by atoms with E-state index in [1.165, 1.54) is 11.8 Å². The van der Waals surface area contributed by atoms with E-state index in [0.29, 0.717) is 11.3 Å². The Morgan fingerprint density at radius 3 is 2.45 bits per heavy atom. The molecule has 0 saturated carbocycles. The van der Waals surface area contributed by atoms with Gasteiger partial charge >= 0.3 is 0 Å². The molecular weight excluding hydrogens is 322 g/mol. The molecule has 22 heavy (non-hydrogen) atoms. The largest absolute Gasteiger partial charge is 0.329 e. The molecule has 0 saturated heterocycles. The number of benzene rings is 1. The molecular formula is C14H17N3O3S2. The van der Waals surface area contributed by atoms with E-state index in [0.717, 1.165) is 11.4 Å². The lowest BCUT2D eigenvalue weighted by molar-refractivity contribution is 0.0994. The number of rotatable bonds is 6. The Morgan fingerprint density at radius 1 is 1.32 bits per heavy atom. The molecule has 0 aliphatic rings. The number of hydrogen-bond acceptors (Lipinski definition) is 5. The van der Waals surface area contributed by atoms with Crippen molar-refractivity contribution < 1.29 is 13.2 Å². The molecule has 1 N–H and O–H groups in total. The molecule has 0 fully saturated rings. The number of aryl methyl sites for hydroxylation is 1. The molecule has 6 nitrogen and oxygen atoms in total. The molecule has 0 aliphatic carbocycles. The first-order chi connectivity index (χ1) is 10.3. The van der Waals surface area contributed by atoms with Gasteiger partial charge in [0.05, 0.1) is 11.5 Å². The van der Waals surface area contributed by atoms with Gasteiger partial charge in [0.15, 0.2) is 10.9 Å². The zero-order chi connectivity index (χ0) is 16.3. The molecule has 8 heteroatoms. The number of Topliss-reactive ketones (excluding diaryl/α,β-unsaturated/α-hetero) is 1. The number of carbonyl (C=O) groups excluding carboxylic acids is 1. The van der Waals surface area contributed by atoms with Crippen molar-refractivity contribution in [2.45, 2.75) is 17.3 Å². The summed E-state index contributed by atoms with van der Waals surface area (Å²) < 4.78 is 26.5. The van der Waals surface area contributed by atoms with Crippen LogP contribution in [-0.4, -0.2) is 35.3 Å². The number of sulfonamides is 1. The fraction of sp³-hybridized carbons (Fsp3) is 0.286. The van der Waals surface area contributed by atoms with Gasteiger partial charge in [0.1, 0.15) is 0 Å². The van der Waals surface area contributed by atoms with Crippen molar-refractivity contribution in [3.8, 4) is 0 Å². The first-order valence-electron chi connectivity index (χ1n) is 6.52. The van der Waals surface area contributed by atoms with Crippen molar-refractivity contribution in [3.05, 3.63) is 42.2 Å². The zero-order valence-corrected chi connectivity index (χ0v) is 14.1. The number of nitrogens with zero attached hydrogens (tertiary/aromatic N) is 2. The lowest BCUT2D eigenvalue weighted by Crippen LogP contribution is -2.15. The molecule has 1 heterocycles. The average molecular weight is 339 g/mol. The highest BCUT2D eigenvalue weighted by Crippen LogP contribution is 2.24. The first kappa shape index (κ1) is 16.6. The summed E-state index contributed by atoms with van der Waals surface area (Å²) in [6.07, 6.45) is 4.59. The minimum atomic E-state index is -3.32. The number of anilines is 1. The van der Waals surface area contributed by atoms with Crippen molar-refractivity contribution in [1.29, 1.82) is 0 Å². The molecule has 2 rings (SSSR count).